The van der Waals surface area contributed by atoms with Crippen LogP contribution in [0.15, 0.2) is 48.5 Å². The second-order valence-corrected chi connectivity index (χ2v) is 15.5. The number of benzene rings is 2. The van der Waals surface area contributed by atoms with Gasteiger partial charge in [-0.15, -0.1) is 0 Å². The molecule has 1 aliphatic heterocycles. The van der Waals surface area contributed by atoms with Crippen LogP contribution in [0.5, 0.6) is 5.75 Å². The Morgan fingerprint density at radius 2 is 1.64 bits per heavy atom. The molecule has 1 heterocycles. The lowest BCUT2D eigenvalue weighted by Gasteiger charge is -2.38. The average molecular weight is 660 g/mol. The number of amides is 4. The largest absolute Gasteiger partial charge is 0.508 e. The predicted octanol–water partition coefficient (Wildman–Crippen LogP) is 1.42. The number of rotatable bonds is 7. The van der Waals surface area contributed by atoms with Crippen molar-refractivity contribution in [3.63, 3.8) is 0 Å². The molecule has 12 nitrogen and oxygen atoms in total. The second-order valence-electron chi connectivity index (χ2n) is 12.0. The quantitative estimate of drug-likeness (QED) is 0.213. The van der Waals surface area contributed by atoms with Gasteiger partial charge < -0.3 is 37.2 Å². The van der Waals surface area contributed by atoms with Crippen molar-refractivity contribution < 1.29 is 34.2 Å². The summed E-state index contributed by atoms with van der Waals surface area (Å²) in [7, 11) is 2.32. The van der Waals surface area contributed by atoms with E-state index >= 15 is 0 Å². The summed E-state index contributed by atoms with van der Waals surface area (Å²) in [6.07, 6.45) is 0.234. The molecule has 4 amide bonds. The van der Waals surface area contributed by atoms with Crippen LogP contribution in [-0.2, 0) is 36.8 Å². The molecule has 1 fully saturated rings. The van der Waals surface area contributed by atoms with E-state index in [2.05, 4.69) is 21.3 Å². The number of phenols is 1. The first-order chi connectivity index (χ1) is 21.0. The Labute approximate surface area is 270 Å². The van der Waals surface area contributed by atoms with Crippen molar-refractivity contribution in [3.05, 3.63) is 65.2 Å². The summed E-state index contributed by atoms with van der Waals surface area (Å²) < 4.78 is -2.15. The molecule has 4 atom stereocenters. The van der Waals surface area contributed by atoms with Crippen molar-refractivity contribution in [1.82, 2.24) is 21.3 Å². The van der Waals surface area contributed by atoms with Crippen molar-refractivity contribution in [2.75, 3.05) is 6.54 Å². The van der Waals surface area contributed by atoms with Gasteiger partial charge in [-0.2, -0.15) is 0 Å². The van der Waals surface area contributed by atoms with Gasteiger partial charge >= 0.3 is 5.97 Å². The van der Waals surface area contributed by atoms with Gasteiger partial charge in [0.2, 0.25) is 23.6 Å². The first-order valence-corrected chi connectivity index (χ1v) is 16.5. The van der Waals surface area contributed by atoms with Gasteiger partial charge in [0, 0.05) is 11.2 Å². The molecule has 14 heteroatoms. The predicted molar refractivity (Wildman–Crippen MR) is 174 cm³/mol. The molecule has 1 saturated heterocycles. The Morgan fingerprint density at radius 3 is 2.27 bits per heavy atom. The molecular formula is C31H41N5O7S2. The fourth-order valence-electron chi connectivity index (χ4n) is 4.70. The Hall–Kier alpha value is -3.75. The van der Waals surface area contributed by atoms with E-state index in [1.165, 1.54) is 16.9 Å². The number of carbonyl (C=O) groups excluding carboxylic acids is 4. The van der Waals surface area contributed by atoms with Crippen LogP contribution < -0.4 is 27.0 Å². The number of hydrogen-bond acceptors (Lipinski definition) is 9. The van der Waals surface area contributed by atoms with Crippen molar-refractivity contribution in [1.29, 1.82) is 0 Å². The van der Waals surface area contributed by atoms with E-state index in [4.69, 9.17) is 5.73 Å². The Balaban J connectivity index is 1.89. The summed E-state index contributed by atoms with van der Waals surface area (Å²) >= 11 is 0. The minimum Gasteiger partial charge on any atom is -0.508 e. The standard InChI is InChI=1S/C31H41N5O7S2/c1-17-13-20(37)12-11-19(17)15-21(32)26(39)35-24-28(41)33-16-23(38)34-22(14-18-9-7-6-8-10-18)27(40)36-25(29(42)43)31(4,5)45-44-30(24,2)3/h6-13,21-22,24-25,37H,14-16,32H2,1-5H3,(H,33,41)(H,34,38)(H,35,39)(H,36,40)(H,42,43)/t21-,22-,24-,25-/m0/s1. The first-order valence-electron chi connectivity index (χ1n) is 14.4. The second kappa shape index (κ2) is 15.0. The third-order valence-electron chi connectivity index (χ3n) is 7.40. The maximum atomic E-state index is 13.6. The molecular weight excluding hydrogens is 619 g/mol. The van der Waals surface area contributed by atoms with Crippen LogP contribution in [0.3, 0.4) is 0 Å². The monoisotopic (exact) mass is 659 g/mol. The highest BCUT2D eigenvalue weighted by Crippen LogP contribution is 2.46. The van der Waals surface area contributed by atoms with Gasteiger partial charge in [-0.05, 0) is 69.9 Å². The number of nitrogens with one attached hydrogen (secondary N) is 4. The van der Waals surface area contributed by atoms with Crippen LogP contribution in [0.25, 0.3) is 0 Å². The molecule has 0 saturated carbocycles. The maximum absolute atomic E-state index is 13.6. The van der Waals surface area contributed by atoms with E-state index in [1.807, 2.05) is 0 Å². The maximum Gasteiger partial charge on any atom is 0.327 e. The van der Waals surface area contributed by atoms with Crippen LogP contribution in [0.4, 0.5) is 0 Å². The number of hydrogen-bond donors (Lipinski definition) is 7. The SMILES string of the molecule is Cc1cc(O)ccc1C[C@H](N)C(=O)N[C@H]1C(=O)NCC(=O)N[C@@H](Cc2ccccc2)C(=O)N[C@@H](C(=O)O)C(C)(C)SSC1(C)C. The summed E-state index contributed by atoms with van der Waals surface area (Å²) in [5.41, 5.74) is 8.48. The summed E-state index contributed by atoms with van der Waals surface area (Å²) in [6, 6.07) is 8.96. The molecule has 45 heavy (non-hydrogen) atoms. The van der Waals surface area contributed by atoms with Crippen molar-refractivity contribution >= 4 is 51.2 Å². The molecule has 244 valence electrons. The number of carboxylic acid groups (broad SMARTS) is 1. The topological polar surface area (TPSA) is 200 Å². The molecule has 8 N–H and O–H groups in total. The first kappa shape index (κ1) is 35.7. The number of carboxylic acids is 1. The molecule has 1 aliphatic rings. The zero-order valence-electron chi connectivity index (χ0n) is 25.9. The number of aromatic hydroxyl groups is 1. The minimum atomic E-state index is -1.36. The Morgan fingerprint density at radius 1 is 1.00 bits per heavy atom. The number of phenolic OH excluding ortho intramolecular Hbond substituents is 1. The van der Waals surface area contributed by atoms with E-state index < -0.39 is 69.8 Å². The summed E-state index contributed by atoms with van der Waals surface area (Å²) in [5, 5.41) is 30.3. The fraction of sp³-hybridized carbons (Fsp3) is 0.452. The smallest absolute Gasteiger partial charge is 0.327 e. The van der Waals surface area contributed by atoms with Crippen molar-refractivity contribution in [3.8, 4) is 5.75 Å². The minimum absolute atomic E-state index is 0.0880. The number of aliphatic carboxylic acids is 1. The van der Waals surface area contributed by atoms with Crippen LogP contribution in [0.2, 0.25) is 0 Å². The van der Waals surface area contributed by atoms with Gasteiger partial charge in [0.15, 0.2) is 0 Å². The lowest BCUT2D eigenvalue weighted by molar-refractivity contribution is -0.143. The number of nitrogens with two attached hydrogens (primary N) is 1. The highest BCUT2D eigenvalue weighted by Gasteiger charge is 2.44. The molecule has 0 spiro atoms. The van der Waals surface area contributed by atoms with Gasteiger partial charge in [-0.3, -0.25) is 19.2 Å². The molecule has 0 radical (unpaired) electrons. The van der Waals surface area contributed by atoms with Crippen LogP contribution in [0.1, 0.15) is 44.4 Å². The molecule has 2 aromatic rings. The van der Waals surface area contributed by atoms with E-state index in [9.17, 15) is 34.2 Å². The molecule has 2 aromatic carbocycles. The third-order valence-corrected chi connectivity index (χ3v) is 11.6. The van der Waals surface area contributed by atoms with Crippen LogP contribution in [0, 0.1) is 6.92 Å². The van der Waals surface area contributed by atoms with Crippen molar-refractivity contribution in [2.24, 2.45) is 5.73 Å². The van der Waals surface area contributed by atoms with Gasteiger partial charge in [0.1, 0.15) is 23.9 Å². The van der Waals surface area contributed by atoms with E-state index in [-0.39, 0.29) is 18.6 Å². The Kier molecular flexibility index (Phi) is 11.9. The average Bonchev–Trinajstić information content (AvgIpc) is 2.97. The zero-order chi connectivity index (χ0) is 33.5. The Bertz CT molecular complexity index is 1420. The molecule has 0 unspecified atom stereocenters. The third kappa shape index (κ3) is 9.87. The van der Waals surface area contributed by atoms with E-state index in [0.29, 0.717) is 0 Å². The zero-order valence-corrected chi connectivity index (χ0v) is 27.5. The van der Waals surface area contributed by atoms with Crippen molar-refractivity contribution in [2.45, 2.75) is 81.1 Å². The molecule has 0 bridgehead atoms. The summed E-state index contributed by atoms with van der Waals surface area (Å²) in [4.78, 5) is 65.6. The lowest BCUT2D eigenvalue weighted by Crippen LogP contribution is -2.61. The highest BCUT2D eigenvalue weighted by molar-refractivity contribution is 8.77. The fourth-order valence-corrected chi connectivity index (χ4v) is 7.52. The highest BCUT2D eigenvalue weighted by atomic mass is 33.1. The summed E-state index contributed by atoms with van der Waals surface area (Å²) in [5.74, 6) is -3.79. The van der Waals surface area contributed by atoms with Gasteiger partial charge in [0.05, 0.1) is 17.3 Å². The molecule has 0 aliphatic carbocycles. The van der Waals surface area contributed by atoms with Crippen LogP contribution >= 0.6 is 21.6 Å². The number of aryl methyl sites for hydroxylation is 1. The van der Waals surface area contributed by atoms with Crippen LogP contribution in [-0.4, -0.2) is 80.0 Å². The van der Waals surface area contributed by atoms with E-state index in [1.54, 1.807) is 77.1 Å². The normalized spacial score (nSPS) is 23.0. The summed E-state index contributed by atoms with van der Waals surface area (Å²) in [6.45, 7) is 8.00. The lowest BCUT2D eigenvalue weighted by atomic mass is 9.98. The molecule has 0 aromatic heterocycles. The number of carbonyl (C=O) groups is 5. The van der Waals surface area contributed by atoms with Gasteiger partial charge in [0.25, 0.3) is 0 Å². The molecule has 3 rings (SSSR count). The van der Waals surface area contributed by atoms with Gasteiger partial charge in [-0.25, -0.2) is 4.79 Å². The van der Waals surface area contributed by atoms with Gasteiger partial charge in [-0.1, -0.05) is 58.0 Å². The van der Waals surface area contributed by atoms with E-state index in [0.717, 1.165) is 27.5 Å².